The van der Waals surface area contributed by atoms with E-state index in [1.54, 1.807) is 36.9 Å². The Balaban J connectivity index is 1.95. The van der Waals surface area contributed by atoms with Gasteiger partial charge in [-0.3, -0.25) is 4.79 Å². The van der Waals surface area contributed by atoms with Crippen LogP contribution in [0.25, 0.3) is 0 Å². The van der Waals surface area contributed by atoms with Gasteiger partial charge in [0.1, 0.15) is 16.5 Å². The molecule has 0 aliphatic carbocycles. The number of rotatable bonds is 7. The number of anilines is 1. The van der Waals surface area contributed by atoms with Crippen LogP contribution >= 0.6 is 11.3 Å². The topological polar surface area (TPSA) is 103 Å². The second-order valence-electron chi connectivity index (χ2n) is 6.82. The zero-order valence-electron chi connectivity index (χ0n) is 18.5. The fourth-order valence-corrected chi connectivity index (χ4v) is 4.69. The van der Waals surface area contributed by atoms with Gasteiger partial charge in [-0.2, -0.15) is 0 Å². The van der Waals surface area contributed by atoms with Crippen molar-refractivity contribution in [1.82, 2.24) is 4.90 Å². The second-order valence-corrected chi connectivity index (χ2v) is 7.92. The summed E-state index contributed by atoms with van der Waals surface area (Å²) in [5, 5.41) is 3.20. The number of fused-ring (bicyclic) bond motifs is 1. The number of carbonyl (C=O) groups is 3. The summed E-state index contributed by atoms with van der Waals surface area (Å²) in [4.78, 5) is 40.4. The molecule has 2 aromatic rings. The predicted octanol–water partition coefficient (Wildman–Crippen LogP) is 3.71. The Morgan fingerprint density at radius 1 is 1.09 bits per heavy atom. The summed E-state index contributed by atoms with van der Waals surface area (Å²) in [5.74, 6) is -0.0949. The molecular formula is C22H26N2O7S. The normalized spacial score (nSPS) is 12.6. The molecule has 0 saturated carbocycles. The van der Waals surface area contributed by atoms with Gasteiger partial charge in [-0.05, 0) is 44.0 Å². The summed E-state index contributed by atoms with van der Waals surface area (Å²) < 4.78 is 20.8. The summed E-state index contributed by atoms with van der Waals surface area (Å²) in [6, 6.07) is 4.89. The van der Waals surface area contributed by atoms with E-state index in [-0.39, 0.29) is 18.8 Å². The minimum absolute atomic E-state index is 0.204. The first-order chi connectivity index (χ1) is 15.4. The number of amides is 2. The molecule has 1 aliphatic heterocycles. The van der Waals surface area contributed by atoms with Crippen molar-refractivity contribution in [3.8, 4) is 11.5 Å². The van der Waals surface area contributed by atoms with E-state index in [4.69, 9.17) is 18.9 Å². The van der Waals surface area contributed by atoms with Gasteiger partial charge in [0.25, 0.3) is 5.91 Å². The van der Waals surface area contributed by atoms with Gasteiger partial charge in [0, 0.05) is 11.4 Å². The Morgan fingerprint density at radius 2 is 1.84 bits per heavy atom. The van der Waals surface area contributed by atoms with Crippen molar-refractivity contribution >= 4 is 34.3 Å². The fraction of sp³-hybridized carbons (Fsp3) is 0.409. The molecule has 0 atom stereocenters. The van der Waals surface area contributed by atoms with Gasteiger partial charge < -0.3 is 29.2 Å². The largest absolute Gasteiger partial charge is 0.497 e. The van der Waals surface area contributed by atoms with Crippen molar-refractivity contribution in [2.75, 3.05) is 39.3 Å². The maximum atomic E-state index is 13.1. The van der Waals surface area contributed by atoms with E-state index < -0.39 is 18.0 Å². The molecule has 0 unspecified atom stereocenters. The molecule has 32 heavy (non-hydrogen) atoms. The summed E-state index contributed by atoms with van der Waals surface area (Å²) in [7, 11) is 2.97. The lowest BCUT2D eigenvalue weighted by atomic mass is 10.0. The SMILES string of the molecule is CCOC(=O)c1c(NC(=O)c2cc(OC)ccc2OC)sc2c1CCN(C(=O)OCC)C2. The van der Waals surface area contributed by atoms with E-state index in [9.17, 15) is 14.4 Å². The molecular weight excluding hydrogens is 436 g/mol. The van der Waals surface area contributed by atoms with E-state index in [1.165, 1.54) is 25.6 Å². The molecule has 1 aromatic carbocycles. The molecule has 1 aliphatic rings. The van der Waals surface area contributed by atoms with Gasteiger partial charge in [-0.15, -0.1) is 11.3 Å². The number of hydrogen-bond acceptors (Lipinski definition) is 8. The first kappa shape index (κ1) is 23.4. The van der Waals surface area contributed by atoms with Crippen LogP contribution in [-0.2, 0) is 22.4 Å². The summed E-state index contributed by atoms with van der Waals surface area (Å²) in [6.07, 6.45) is 0.0490. The number of hydrogen-bond donors (Lipinski definition) is 1. The summed E-state index contributed by atoms with van der Waals surface area (Å²) in [5.41, 5.74) is 1.37. The third-order valence-corrected chi connectivity index (χ3v) is 6.07. The van der Waals surface area contributed by atoms with Crippen LogP contribution in [0.1, 0.15) is 45.0 Å². The minimum atomic E-state index is -0.512. The summed E-state index contributed by atoms with van der Waals surface area (Å²) in [6.45, 7) is 4.66. The number of ether oxygens (including phenoxy) is 4. The van der Waals surface area contributed by atoms with E-state index in [1.807, 2.05) is 0 Å². The van der Waals surface area contributed by atoms with Crippen molar-refractivity contribution in [2.24, 2.45) is 0 Å². The van der Waals surface area contributed by atoms with Crippen LogP contribution in [0.4, 0.5) is 9.80 Å². The average Bonchev–Trinajstić information content (AvgIpc) is 3.15. The van der Waals surface area contributed by atoms with E-state index in [0.29, 0.717) is 41.6 Å². The number of thiophene rings is 1. The zero-order valence-corrected chi connectivity index (χ0v) is 19.3. The molecule has 0 spiro atoms. The third kappa shape index (κ3) is 4.80. The highest BCUT2D eigenvalue weighted by molar-refractivity contribution is 7.17. The average molecular weight is 463 g/mol. The van der Waals surface area contributed by atoms with Crippen molar-refractivity contribution < 1.29 is 33.3 Å². The highest BCUT2D eigenvalue weighted by atomic mass is 32.1. The second kappa shape index (κ2) is 10.4. The molecule has 0 fully saturated rings. The molecule has 2 heterocycles. The molecule has 10 heteroatoms. The van der Waals surface area contributed by atoms with Crippen molar-refractivity contribution in [1.29, 1.82) is 0 Å². The molecule has 0 radical (unpaired) electrons. The Morgan fingerprint density at radius 3 is 2.50 bits per heavy atom. The maximum absolute atomic E-state index is 13.1. The Bertz CT molecular complexity index is 1020. The van der Waals surface area contributed by atoms with Crippen molar-refractivity contribution in [3.05, 3.63) is 39.8 Å². The maximum Gasteiger partial charge on any atom is 0.410 e. The Kier molecular flexibility index (Phi) is 7.57. The van der Waals surface area contributed by atoms with Crippen LogP contribution in [0.15, 0.2) is 18.2 Å². The first-order valence-electron chi connectivity index (χ1n) is 10.2. The number of benzene rings is 1. The fourth-order valence-electron chi connectivity index (χ4n) is 3.44. The minimum Gasteiger partial charge on any atom is -0.497 e. The number of esters is 1. The van der Waals surface area contributed by atoms with Crippen LogP contribution in [0.2, 0.25) is 0 Å². The molecule has 1 N–H and O–H groups in total. The Hall–Kier alpha value is -3.27. The van der Waals surface area contributed by atoms with Gasteiger partial charge in [0.2, 0.25) is 0 Å². The molecule has 0 bridgehead atoms. The van der Waals surface area contributed by atoms with Crippen molar-refractivity contribution in [3.63, 3.8) is 0 Å². The van der Waals surface area contributed by atoms with E-state index in [2.05, 4.69) is 5.32 Å². The standard InChI is InChI=1S/C22H26N2O7S/c1-5-30-21(26)18-14-9-10-24(22(27)31-6-2)12-17(14)32-20(18)23-19(25)15-11-13(28-3)7-8-16(15)29-4/h7-8,11H,5-6,9-10,12H2,1-4H3,(H,23,25). The molecule has 1 aromatic heterocycles. The first-order valence-corrected chi connectivity index (χ1v) is 11.0. The van der Waals surface area contributed by atoms with Gasteiger partial charge in [-0.1, -0.05) is 0 Å². The van der Waals surface area contributed by atoms with Crippen LogP contribution in [-0.4, -0.2) is 56.8 Å². The number of nitrogens with one attached hydrogen (secondary N) is 1. The van der Waals surface area contributed by atoms with E-state index >= 15 is 0 Å². The lowest BCUT2D eigenvalue weighted by molar-refractivity contribution is 0.0526. The van der Waals surface area contributed by atoms with Gasteiger partial charge >= 0.3 is 12.1 Å². The molecule has 9 nitrogen and oxygen atoms in total. The van der Waals surface area contributed by atoms with Gasteiger partial charge in [0.15, 0.2) is 0 Å². The van der Waals surface area contributed by atoms with Crippen molar-refractivity contribution in [2.45, 2.75) is 26.8 Å². The molecule has 172 valence electrons. The summed E-state index contributed by atoms with van der Waals surface area (Å²) >= 11 is 1.25. The highest BCUT2D eigenvalue weighted by Gasteiger charge is 2.32. The molecule has 3 rings (SSSR count). The lowest BCUT2D eigenvalue weighted by Gasteiger charge is -2.26. The zero-order chi connectivity index (χ0) is 23.3. The van der Waals surface area contributed by atoms with Crippen LogP contribution in [0.3, 0.4) is 0 Å². The number of nitrogens with zero attached hydrogens (tertiary/aromatic N) is 1. The predicted molar refractivity (Wildman–Crippen MR) is 119 cm³/mol. The molecule has 0 saturated heterocycles. The quantitative estimate of drug-likeness (QED) is 0.626. The monoisotopic (exact) mass is 462 g/mol. The highest BCUT2D eigenvalue weighted by Crippen LogP contribution is 2.38. The smallest absolute Gasteiger partial charge is 0.410 e. The number of methoxy groups -OCH3 is 2. The van der Waals surface area contributed by atoms with E-state index in [0.717, 1.165) is 10.4 Å². The van der Waals surface area contributed by atoms with Gasteiger partial charge in [-0.25, -0.2) is 9.59 Å². The van der Waals surface area contributed by atoms with Crippen LogP contribution < -0.4 is 14.8 Å². The van der Waals surface area contributed by atoms with Crippen LogP contribution in [0.5, 0.6) is 11.5 Å². The lowest BCUT2D eigenvalue weighted by Crippen LogP contribution is -2.36. The third-order valence-electron chi connectivity index (χ3n) is 4.94. The van der Waals surface area contributed by atoms with Crippen LogP contribution in [0, 0.1) is 0 Å². The Labute approximate surface area is 190 Å². The van der Waals surface area contributed by atoms with Gasteiger partial charge in [0.05, 0.1) is 45.1 Å². The number of carbonyl (C=O) groups excluding carboxylic acids is 3. The molecule has 2 amide bonds.